The van der Waals surface area contributed by atoms with Gasteiger partial charge in [0, 0.05) is 76.0 Å². The summed E-state index contributed by atoms with van der Waals surface area (Å²) < 4.78 is 41.7. The van der Waals surface area contributed by atoms with Gasteiger partial charge in [0.25, 0.3) is 5.91 Å². The number of nitrogens with zero attached hydrogens (tertiary/aromatic N) is 7. The number of nitrogens with one attached hydrogen (secondary N) is 2. The molecule has 3 heterocycles. The molecule has 0 saturated carbocycles. The number of nitrogen functional groups attached to an aromatic ring is 1. The van der Waals surface area contributed by atoms with Crippen LogP contribution in [0.5, 0.6) is 0 Å². The van der Waals surface area contributed by atoms with Gasteiger partial charge >= 0.3 is 15.6 Å². The van der Waals surface area contributed by atoms with Gasteiger partial charge in [-0.05, 0) is 76.9 Å². The van der Waals surface area contributed by atoms with Gasteiger partial charge in [-0.15, -0.1) is 0 Å². The van der Waals surface area contributed by atoms with Crippen LogP contribution in [0.2, 0.25) is 0 Å². The molecule has 1 saturated heterocycles. The first-order chi connectivity index (χ1) is 34.0. The number of rotatable bonds is 21. The van der Waals surface area contributed by atoms with Crippen molar-refractivity contribution >= 4 is 67.4 Å². The summed E-state index contributed by atoms with van der Waals surface area (Å²) in [5.74, 6) is -0.131. The van der Waals surface area contributed by atoms with E-state index in [1.54, 1.807) is 11.9 Å². The number of phosphoric acid groups is 2. The number of anilines is 3. The van der Waals surface area contributed by atoms with Crippen LogP contribution in [-0.2, 0) is 33.1 Å². The highest BCUT2D eigenvalue weighted by Gasteiger charge is 2.50. The van der Waals surface area contributed by atoms with E-state index in [1.165, 1.54) is 15.7 Å². The minimum atomic E-state index is -5.23. The van der Waals surface area contributed by atoms with Crippen molar-refractivity contribution in [3.8, 4) is 0 Å². The summed E-state index contributed by atoms with van der Waals surface area (Å²) in [4.78, 5) is 81.1. The second-order valence-corrected chi connectivity index (χ2v) is 21.4. The molecule has 0 unspecified atom stereocenters. The minimum absolute atomic E-state index is 0.00273. The molecular weight excluding hydrogens is 971 g/mol. The lowest BCUT2D eigenvalue weighted by Gasteiger charge is -2.39. The first-order valence-electron chi connectivity index (χ1n) is 23.6. The number of phosphoric ester groups is 2. The Labute approximate surface area is 417 Å². The van der Waals surface area contributed by atoms with E-state index < -0.39 is 46.8 Å². The fraction of sp³-hybridized carbons (Fsp3) is 0.458. The Balaban J connectivity index is 0.907. The maximum Gasteiger partial charge on any atom is 0.470 e. The van der Waals surface area contributed by atoms with Crippen LogP contribution in [0.1, 0.15) is 85.6 Å². The summed E-state index contributed by atoms with van der Waals surface area (Å²) >= 11 is 0. The lowest BCUT2D eigenvalue weighted by molar-refractivity contribution is -0.462. The normalized spacial score (nSPS) is 19.5. The number of amides is 2. The van der Waals surface area contributed by atoms with Crippen molar-refractivity contribution in [3.63, 3.8) is 0 Å². The smallest absolute Gasteiger partial charge is 0.386 e. The Morgan fingerprint density at radius 1 is 0.944 bits per heavy atom. The Hall–Kier alpha value is -5.64. The molecule has 0 spiro atoms. The van der Waals surface area contributed by atoms with Gasteiger partial charge in [-0.2, -0.15) is 0 Å². The monoisotopic (exact) mass is 1040 g/mol. The molecule has 9 N–H and O–H groups in total. The van der Waals surface area contributed by atoms with Crippen LogP contribution in [0.3, 0.4) is 0 Å². The predicted molar refractivity (Wildman–Crippen MR) is 271 cm³/mol. The molecule has 7 rings (SSSR count). The third-order valence-corrected chi connectivity index (χ3v) is 14.0. The number of aliphatic hydroxyl groups excluding tert-OH is 1. The van der Waals surface area contributed by atoms with Crippen LogP contribution >= 0.6 is 15.6 Å². The zero-order valence-corrected chi connectivity index (χ0v) is 43.2. The van der Waals surface area contributed by atoms with Crippen molar-refractivity contribution in [1.29, 1.82) is 0 Å². The highest BCUT2D eigenvalue weighted by Crippen LogP contribution is 2.51. The number of benzene rings is 2. The molecule has 3 aliphatic rings. The molecule has 1 fully saturated rings. The van der Waals surface area contributed by atoms with E-state index in [9.17, 15) is 43.4 Å². The average molecular weight is 1040 g/mol. The van der Waals surface area contributed by atoms with E-state index in [4.69, 9.17) is 15.0 Å². The standard InChI is InChI=1S/C48H64N10O12P2/c1-48(2)35-25-29(55(3)4)18-20-33(35)39(34-21-19-30(56(5)6)26-36(34)48)31-15-10-11-16-32(31)45(61)57(7)24-14-17-38(59)50-22-12-8-9-13-23-51-47-54-40-43(49)52-28-53-44(40)58(47)46-41(60)42(70-72(65,66)67)37(69-46)27-68-71(62,63)64/h10-11,15-16,18-21,25-26,28,37,41-42,46,49,60H,8-9,12-14,17,22-24,27H2,1-7H3,(H6,50,59,61,62,63,64,65,66,67)/p+1/t37-,41-,42-,46-/m1/s1. The average Bonchev–Trinajstić information content (AvgIpc) is 3.83. The van der Waals surface area contributed by atoms with Crippen molar-refractivity contribution in [3.05, 3.63) is 100 Å². The second-order valence-electron chi connectivity index (χ2n) is 19.0. The molecule has 2 aliphatic carbocycles. The number of allylic oxidation sites excluding steroid dienone is 5. The van der Waals surface area contributed by atoms with Gasteiger partial charge in [-0.3, -0.25) is 23.2 Å². The Morgan fingerprint density at radius 3 is 2.36 bits per heavy atom. The molecule has 4 atom stereocenters. The molecule has 2 aromatic heterocycles. The van der Waals surface area contributed by atoms with Crippen molar-refractivity contribution in [2.45, 2.75) is 82.3 Å². The van der Waals surface area contributed by atoms with E-state index in [-0.39, 0.29) is 46.6 Å². The summed E-state index contributed by atoms with van der Waals surface area (Å²) in [7, 11) is -0.361. The van der Waals surface area contributed by atoms with Crippen LogP contribution < -0.4 is 21.3 Å². The molecule has 2 aromatic carbocycles. The van der Waals surface area contributed by atoms with E-state index in [0.29, 0.717) is 44.5 Å². The SMILES string of the molecule is CN(CCCC(=O)NCCCCCCNc1nc2c(N)ncnc2n1[C@@H]1O[C@H](COP(=O)(O)O)[C@@H](OP(=O)(O)O)[C@H]1O)C(=O)c1ccccc1C1=C2C=CC(=[N+](C)C)C=C2C(C)(C)c2cc(N(C)C)ccc21. The summed E-state index contributed by atoms with van der Waals surface area (Å²) in [6.07, 6.45) is 4.72. The molecule has 2 amide bonds. The molecular formula is C48H65N10O12P2+. The van der Waals surface area contributed by atoms with Crippen molar-refractivity contribution in [2.24, 2.45) is 0 Å². The predicted octanol–water partition coefficient (Wildman–Crippen LogP) is 4.26. The van der Waals surface area contributed by atoms with E-state index in [1.807, 2.05) is 52.5 Å². The lowest BCUT2D eigenvalue weighted by Crippen LogP contribution is -2.36. The second kappa shape index (κ2) is 22.2. The maximum absolute atomic E-state index is 14.3. The Bertz CT molecular complexity index is 2920. The highest BCUT2D eigenvalue weighted by atomic mass is 31.2. The number of carbonyl (C=O) groups excluding carboxylic acids is 2. The first kappa shape index (κ1) is 54.1. The molecule has 24 heteroatoms. The largest absolute Gasteiger partial charge is 0.470 e. The van der Waals surface area contributed by atoms with E-state index in [2.05, 4.69) is 89.9 Å². The van der Waals surface area contributed by atoms with Gasteiger partial charge in [0.15, 0.2) is 28.9 Å². The zero-order chi connectivity index (χ0) is 52.3. The summed E-state index contributed by atoms with van der Waals surface area (Å²) in [6.45, 7) is 4.85. The van der Waals surface area contributed by atoms with E-state index in [0.717, 1.165) is 52.8 Å². The summed E-state index contributed by atoms with van der Waals surface area (Å²) in [5.41, 5.74) is 15.2. The zero-order valence-electron chi connectivity index (χ0n) is 41.4. The molecule has 22 nitrogen and oxygen atoms in total. The van der Waals surface area contributed by atoms with Gasteiger partial charge < -0.3 is 55.6 Å². The number of fused-ring (bicyclic) bond motifs is 3. The molecule has 0 radical (unpaired) electrons. The minimum Gasteiger partial charge on any atom is -0.386 e. The van der Waals surface area contributed by atoms with Crippen LogP contribution in [0.4, 0.5) is 17.5 Å². The maximum atomic E-state index is 14.3. The number of imidazole rings is 1. The van der Waals surface area contributed by atoms with Crippen molar-refractivity contribution in [2.75, 3.05) is 77.4 Å². The van der Waals surface area contributed by atoms with E-state index >= 15 is 0 Å². The number of nitrogens with two attached hydrogens (primary N) is 1. The van der Waals surface area contributed by atoms with Crippen molar-refractivity contribution < 1.29 is 61.8 Å². The van der Waals surface area contributed by atoms with Gasteiger partial charge in [0.05, 0.1) is 6.61 Å². The molecule has 72 heavy (non-hydrogen) atoms. The molecule has 388 valence electrons. The fourth-order valence-electron chi connectivity index (χ4n) is 9.28. The number of aromatic nitrogens is 4. The molecule has 4 aromatic rings. The van der Waals surface area contributed by atoms with Gasteiger partial charge in [-0.1, -0.05) is 51.0 Å². The number of unbranched alkanes of at least 4 members (excludes halogenated alkanes) is 3. The Morgan fingerprint density at radius 2 is 1.67 bits per heavy atom. The summed E-state index contributed by atoms with van der Waals surface area (Å²) in [5, 5.41) is 17.3. The van der Waals surface area contributed by atoms with Gasteiger partial charge in [-0.25, -0.2) is 28.7 Å². The molecule has 1 aliphatic heterocycles. The third-order valence-electron chi connectivity index (χ3n) is 13.0. The number of hydrogen-bond donors (Lipinski definition) is 8. The third kappa shape index (κ3) is 12.2. The number of hydrogen-bond acceptors (Lipinski definition) is 14. The van der Waals surface area contributed by atoms with Crippen LogP contribution in [0.25, 0.3) is 16.7 Å². The first-order valence-corrected chi connectivity index (χ1v) is 26.7. The summed E-state index contributed by atoms with van der Waals surface area (Å²) in [6, 6.07) is 14.3. The highest BCUT2D eigenvalue weighted by molar-refractivity contribution is 7.46. The number of aliphatic hydroxyl groups is 1. The number of carbonyl (C=O) groups is 2. The van der Waals surface area contributed by atoms with Gasteiger partial charge in [0.2, 0.25) is 11.9 Å². The fourth-order valence-corrected chi connectivity index (χ4v) is 10.2. The van der Waals surface area contributed by atoms with Crippen LogP contribution in [0, 0.1) is 0 Å². The Kier molecular flexibility index (Phi) is 16.7. The topological polar surface area (TPSA) is 300 Å². The molecule has 0 bridgehead atoms. The number of ether oxygens (including phenoxy) is 1. The van der Waals surface area contributed by atoms with Crippen molar-refractivity contribution in [1.82, 2.24) is 29.7 Å². The van der Waals surface area contributed by atoms with Gasteiger partial charge in [0.1, 0.15) is 38.7 Å². The van der Waals surface area contributed by atoms with Crippen LogP contribution in [-0.4, -0.2) is 151 Å². The van der Waals surface area contributed by atoms with Crippen LogP contribution in [0.15, 0.2) is 78.2 Å². The quantitative estimate of drug-likeness (QED) is 0.0328. The lowest BCUT2D eigenvalue weighted by atomic mass is 9.64.